The van der Waals surface area contributed by atoms with E-state index in [-0.39, 0.29) is 23.7 Å². The Labute approximate surface area is 175 Å². The fourth-order valence-corrected chi connectivity index (χ4v) is 3.53. The number of ether oxygens (including phenoxy) is 1. The quantitative estimate of drug-likeness (QED) is 0.663. The van der Waals surface area contributed by atoms with Crippen LogP contribution in [0.2, 0.25) is 0 Å². The topological polar surface area (TPSA) is 71.8 Å². The molecule has 1 aliphatic rings. The number of hydrogen-bond acceptors (Lipinski definition) is 4. The number of carbonyl (C=O) groups is 2. The predicted molar refractivity (Wildman–Crippen MR) is 113 cm³/mol. The van der Waals surface area contributed by atoms with Crippen LogP contribution in [0.25, 0.3) is 0 Å². The van der Waals surface area contributed by atoms with Crippen molar-refractivity contribution in [3.63, 3.8) is 0 Å². The van der Waals surface area contributed by atoms with Crippen LogP contribution in [0.4, 0.5) is 5.69 Å². The lowest BCUT2D eigenvalue weighted by Gasteiger charge is -2.32. The maximum absolute atomic E-state index is 12.9. The van der Waals surface area contributed by atoms with Gasteiger partial charge in [-0.2, -0.15) is 0 Å². The third kappa shape index (κ3) is 4.96. The van der Waals surface area contributed by atoms with Gasteiger partial charge in [0.15, 0.2) is 5.76 Å². The van der Waals surface area contributed by atoms with Gasteiger partial charge < -0.3 is 19.4 Å². The molecule has 0 saturated carbocycles. The Bertz CT molecular complexity index is 977. The first-order valence-electron chi connectivity index (χ1n) is 10.1. The normalized spacial score (nSPS) is 14.5. The lowest BCUT2D eigenvalue weighted by atomic mass is 10.1. The van der Waals surface area contributed by atoms with E-state index in [1.165, 1.54) is 6.26 Å². The van der Waals surface area contributed by atoms with Gasteiger partial charge in [-0.3, -0.25) is 9.59 Å². The van der Waals surface area contributed by atoms with Gasteiger partial charge in [0.2, 0.25) is 0 Å². The van der Waals surface area contributed by atoms with E-state index in [4.69, 9.17) is 9.15 Å². The van der Waals surface area contributed by atoms with Gasteiger partial charge in [0.25, 0.3) is 11.8 Å². The van der Waals surface area contributed by atoms with Crippen LogP contribution in [0.1, 0.15) is 39.3 Å². The second kappa shape index (κ2) is 9.41. The summed E-state index contributed by atoms with van der Waals surface area (Å²) in [5.41, 5.74) is 2.27. The van der Waals surface area contributed by atoms with Gasteiger partial charge in [-0.05, 0) is 48.7 Å². The van der Waals surface area contributed by atoms with Gasteiger partial charge in [0.05, 0.1) is 19.0 Å². The molecule has 154 valence electrons. The molecule has 2 heterocycles. The molecule has 1 N–H and O–H groups in total. The molecule has 2 amide bonds. The van der Waals surface area contributed by atoms with Crippen molar-refractivity contribution in [2.45, 2.75) is 25.6 Å². The molecule has 2 aromatic carbocycles. The molecule has 4 rings (SSSR count). The molecule has 6 heteroatoms. The molecule has 30 heavy (non-hydrogen) atoms. The van der Waals surface area contributed by atoms with Crippen LogP contribution in [0.5, 0.6) is 0 Å². The Kier molecular flexibility index (Phi) is 6.25. The predicted octanol–water partition coefficient (Wildman–Crippen LogP) is 4.35. The van der Waals surface area contributed by atoms with Gasteiger partial charge in [-0.15, -0.1) is 0 Å². The van der Waals surface area contributed by atoms with Crippen LogP contribution in [0.15, 0.2) is 77.4 Å². The number of rotatable bonds is 6. The first-order valence-corrected chi connectivity index (χ1v) is 10.1. The van der Waals surface area contributed by atoms with E-state index in [0.29, 0.717) is 30.9 Å². The van der Waals surface area contributed by atoms with E-state index in [9.17, 15) is 9.59 Å². The lowest BCUT2D eigenvalue weighted by Crippen LogP contribution is -2.40. The zero-order valence-corrected chi connectivity index (χ0v) is 16.6. The van der Waals surface area contributed by atoms with Crippen molar-refractivity contribution >= 4 is 17.5 Å². The van der Waals surface area contributed by atoms with E-state index >= 15 is 0 Å². The second-order valence-electron chi connectivity index (χ2n) is 7.30. The highest BCUT2D eigenvalue weighted by atomic mass is 16.5. The number of carbonyl (C=O) groups excluding carboxylic acids is 2. The molecule has 0 spiro atoms. The van der Waals surface area contributed by atoms with Crippen LogP contribution in [-0.2, 0) is 11.3 Å². The van der Waals surface area contributed by atoms with E-state index in [2.05, 4.69) is 17.4 Å². The monoisotopic (exact) mass is 404 g/mol. The standard InChI is InChI=1S/C24H24N2O4/c27-23(22-10-5-15-29-22)25-20-9-4-8-19(16-20)24(28)26-13-11-21(12-14-26)30-17-18-6-2-1-3-7-18/h1-10,15-16,21H,11-14,17H2,(H,25,27). The lowest BCUT2D eigenvalue weighted by molar-refractivity contribution is -0.000382. The first kappa shape index (κ1) is 19.9. The number of nitrogens with zero attached hydrogens (tertiary/aromatic N) is 1. The van der Waals surface area contributed by atoms with Crippen LogP contribution >= 0.6 is 0 Å². The van der Waals surface area contributed by atoms with E-state index in [0.717, 1.165) is 18.4 Å². The molecule has 1 fully saturated rings. The Hall–Kier alpha value is -3.38. The third-order valence-electron chi connectivity index (χ3n) is 5.17. The van der Waals surface area contributed by atoms with Crippen molar-refractivity contribution < 1.29 is 18.7 Å². The summed E-state index contributed by atoms with van der Waals surface area (Å²) in [5, 5.41) is 2.76. The molecule has 0 unspecified atom stereocenters. The van der Waals surface area contributed by atoms with Crippen molar-refractivity contribution in [2.75, 3.05) is 18.4 Å². The minimum atomic E-state index is -0.346. The summed E-state index contributed by atoms with van der Waals surface area (Å²) in [6, 6.07) is 20.3. The summed E-state index contributed by atoms with van der Waals surface area (Å²) in [5.74, 6) is -0.157. The number of furan rings is 1. The summed E-state index contributed by atoms with van der Waals surface area (Å²) < 4.78 is 11.1. The number of piperidine rings is 1. The summed E-state index contributed by atoms with van der Waals surface area (Å²) in [7, 11) is 0. The largest absolute Gasteiger partial charge is 0.459 e. The van der Waals surface area contributed by atoms with Crippen LogP contribution in [-0.4, -0.2) is 35.9 Å². The van der Waals surface area contributed by atoms with Gasteiger partial charge >= 0.3 is 0 Å². The van der Waals surface area contributed by atoms with Gasteiger partial charge in [0.1, 0.15) is 0 Å². The molecular weight excluding hydrogens is 380 g/mol. The van der Waals surface area contributed by atoms with E-state index in [1.54, 1.807) is 36.4 Å². The molecule has 6 nitrogen and oxygen atoms in total. The maximum Gasteiger partial charge on any atom is 0.291 e. The zero-order valence-electron chi connectivity index (χ0n) is 16.6. The highest BCUT2D eigenvalue weighted by Gasteiger charge is 2.24. The maximum atomic E-state index is 12.9. The minimum Gasteiger partial charge on any atom is -0.459 e. The van der Waals surface area contributed by atoms with Crippen molar-refractivity contribution in [1.82, 2.24) is 4.90 Å². The number of amides is 2. The van der Waals surface area contributed by atoms with Crippen molar-refractivity contribution in [2.24, 2.45) is 0 Å². The van der Waals surface area contributed by atoms with Gasteiger partial charge in [-0.1, -0.05) is 36.4 Å². The number of benzene rings is 2. The third-order valence-corrected chi connectivity index (χ3v) is 5.17. The van der Waals surface area contributed by atoms with Crippen LogP contribution in [0.3, 0.4) is 0 Å². The number of anilines is 1. The second-order valence-corrected chi connectivity index (χ2v) is 7.30. The highest BCUT2D eigenvalue weighted by Crippen LogP contribution is 2.20. The first-order chi connectivity index (χ1) is 14.7. The number of nitrogens with one attached hydrogen (secondary N) is 1. The Morgan fingerprint density at radius 1 is 1.00 bits per heavy atom. The molecule has 0 aliphatic carbocycles. The van der Waals surface area contributed by atoms with Crippen LogP contribution < -0.4 is 5.32 Å². The summed E-state index contributed by atoms with van der Waals surface area (Å²) >= 11 is 0. The molecule has 0 bridgehead atoms. The number of hydrogen-bond donors (Lipinski definition) is 1. The Balaban J connectivity index is 1.30. The molecule has 0 atom stereocenters. The molecule has 1 aromatic heterocycles. The number of likely N-dealkylation sites (tertiary alicyclic amines) is 1. The van der Waals surface area contributed by atoms with Crippen molar-refractivity contribution in [3.8, 4) is 0 Å². The molecular formula is C24H24N2O4. The zero-order chi connectivity index (χ0) is 20.8. The van der Waals surface area contributed by atoms with E-state index in [1.807, 2.05) is 23.1 Å². The summed E-state index contributed by atoms with van der Waals surface area (Å²) in [6.45, 7) is 1.90. The molecule has 3 aromatic rings. The van der Waals surface area contributed by atoms with Crippen molar-refractivity contribution in [3.05, 3.63) is 89.9 Å². The molecule has 0 radical (unpaired) electrons. The summed E-state index contributed by atoms with van der Waals surface area (Å²) in [4.78, 5) is 26.9. The smallest absolute Gasteiger partial charge is 0.291 e. The average Bonchev–Trinajstić information content (AvgIpc) is 3.34. The SMILES string of the molecule is O=C(Nc1cccc(C(=O)N2CCC(OCc3ccccc3)CC2)c1)c1ccco1. The Morgan fingerprint density at radius 2 is 1.80 bits per heavy atom. The molecule has 1 aliphatic heterocycles. The average molecular weight is 404 g/mol. The Morgan fingerprint density at radius 3 is 2.53 bits per heavy atom. The minimum absolute atomic E-state index is 0.0365. The summed E-state index contributed by atoms with van der Waals surface area (Å²) in [6.07, 6.45) is 3.23. The highest BCUT2D eigenvalue weighted by molar-refractivity contribution is 6.03. The van der Waals surface area contributed by atoms with Crippen LogP contribution in [0, 0.1) is 0 Å². The fourth-order valence-electron chi connectivity index (χ4n) is 3.53. The van der Waals surface area contributed by atoms with E-state index < -0.39 is 0 Å². The van der Waals surface area contributed by atoms with Crippen molar-refractivity contribution in [1.29, 1.82) is 0 Å². The molecule has 1 saturated heterocycles. The van der Waals surface area contributed by atoms with Gasteiger partial charge in [0, 0.05) is 24.3 Å². The fraction of sp³-hybridized carbons (Fsp3) is 0.250. The van der Waals surface area contributed by atoms with Gasteiger partial charge in [-0.25, -0.2) is 0 Å².